The quantitative estimate of drug-likeness (QED) is 0.891. The van der Waals surface area contributed by atoms with Crippen LogP contribution in [-0.2, 0) is 13.0 Å². The van der Waals surface area contributed by atoms with Crippen molar-refractivity contribution in [3.05, 3.63) is 51.2 Å². The summed E-state index contributed by atoms with van der Waals surface area (Å²) in [5, 5.41) is 15.1. The zero-order chi connectivity index (χ0) is 13.8. The molecule has 5 heteroatoms. The number of aliphatic hydroxyl groups is 1. The summed E-state index contributed by atoms with van der Waals surface area (Å²) in [5.74, 6) is 0. The molecular formula is C14H16BrClN2O. The van der Waals surface area contributed by atoms with Crippen LogP contribution in [0.1, 0.15) is 30.7 Å². The molecule has 0 bridgehead atoms. The third-order valence-corrected chi connectivity index (χ3v) is 3.69. The first-order valence-electron chi connectivity index (χ1n) is 6.25. The van der Waals surface area contributed by atoms with E-state index >= 15 is 0 Å². The summed E-state index contributed by atoms with van der Waals surface area (Å²) in [6.45, 7) is 2.83. The van der Waals surface area contributed by atoms with E-state index in [1.165, 1.54) is 0 Å². The van der Waals surface area contributed by atoms with Crippen LogP contribution in [0.3, 0.4) is 0 Å². The lowest BCUT2D eigenvalue weighted by atomic mass is 10.1. The fourth-order valence-electron chi connectivity index (χ4n) is 2.08. The third kappa shape index (κ3) is 3.59. The third-order valence-electron chi connectivity index (χ3n) is 2.90. The summed E-state index contributed by atoms with van der Waals surface area (Å²) in [4.78, 5) is 0. The topological polar surface area (TPSA) is 38.0 Å². The van der Waals surface area contributed by atoms with Crippen molar-refractivity contribution in [3.8, 4) is 0 Å². The van der Waals surface area contributed by atoms with Gasteiger partial charge in [0.2, 0.25) is 0 Å². The zero-order valence-electron chi connectivity index (χ0n) is 10.7. The molecule has 1 unspecified atom stereocenters. The SMILES string of the molecule is CCCn1ncc(Cl)c1C(O)Cc1cccc(Br)c1. The number of hydrogen-bond acceptors (Lipinski definition) is 2. The van der Waals surface area contributed by atoms with E-state index in [-0.39, 0.29) is 0 Å². The minimum absolute atomic E-state index is 0.522. The number of hydrogen-bond donors (Lipinski definition) is 1. The number of benzene rings is 1. The molecule has 1 heterocycles. The highest BCUT2D eigenvalue weighted by Crippen LogP contribution is 2.26. The Labute approximate surface area is 126 Å². The van der Waals surface area contributed by atoms with Gasteiger partial charge < -0.3 is 5.11 Å². The molecular weight excluding hydrogens is 328 g/mol. The van der Waals surface area contributed by atoms with Gasteiger partial charge in [-0.25, -0.2) is 0 Å². The molecule has 0 radical (unpaired) electrons. The van der Waals surface area contributed by atoms with Gasteiger partial charge in [0.25, 0.3) is 0 Å². The largest absolute Gasteiger partial charge is 0.386 e. The van der Waals surface area contributed by atoms with Crippen molar-refractivity contribution < 1.29 is 5.11 Å². The summed E-state index contributed by atoms with van der Waals surface area (Å²) in [7, 11) is 0. The zero-order valence-corrected chi connectivity index (χ0v) is 13.0. The van der Waals surface area contributed by atoms with E-state index < -0.39 is 6.10 Å². The van der Waals surface area contributed by atoms with E-state index in [2.05, 4.69) is 28.0 Å². The van der Waals surface area contributed by atoms with Crippen molar-refractivity contribution in [1.29, 1.82) is 0 Å². The van der Waals surface area contributed by atoms with Crippen molar-refractivity contribution in [3.63, 3.8) is 0 Å². The standard InChI is InChI=1S/C14H16BrClN2O/c1-2-6-18-14(12(16)9-17-18)13(19)8-10-4-3-5-11(15)7-10/h3-5,7,9,13,19H,2,6,8H2,1H3. The van der Waals surface area contributed by atoms with Gasteiger partial charge in [-0.3, -0.25) is 4.68 Å². The Morgan fingerprint density at radius 1 is 1.47 bits per heavy atom. The minimum Gasteiger partial charge on any atom is -0.386 e. The molecule has 2 aromatic rings. The molecule has 0 saturated carbocycles. The monoisotopic (exact) mass is 342 g/mol. The maximum atomic E-state index is 10.4. The van der Waals surface area contributed by atoms with Crippen LogP contribution in [-0.4, -0.2) is 14.9 Å². The van der Waals surface area contributed by atoms with E-state index in [9.17, 15) is 5.11 Å². The molecule has 19 heavy (non-hydrogen) atoms. The summed E-state index contributed by atoms with van der Waals surface area (Å²) >= 11 is 9.55. The Morgan fingerprint density at radius 2 is 2.26 bits per heavy atom. The number of aliphatic hydroxyl groups excluding tert-OH is 1. The van der Waals surface area contributed by atoms with Crippen LogP contribution in [0.15, 0.2) is 34.9 Å². The van der Waals surface area contributed by atoms with Crippen LogP contribution in [0.4, 0.5) is 0 Å². The molecule has 0 fully saturated rings. The van der Waals surface area contributed by atoms with Crippen molar-refractivity contribution in [1.82, 2.24) is 9.78 Å². The Balaban J connectivity index is 2.20. The maximum absolute atomic E-state index is 10.4. The molecule has 1 aromatic heterocycles. The Hall–Kier alpha value is -0.840. The minimum atomic E-state index is -0.643. The molecule has 102 valence electrons. The molecule has 0 aliphatic carbocycles. The Kier molecular flexibility index (Phi) is 5.02. The highest BCUT2D eigenvalue weighted by molar-refractivity contribution is 9.10. The van der Waals surface area contributed by atoms with Gasteiger partial charge in [-0.05, 0) is 24.1 Å². The molecule has 3 nitrogen and oxygen atoms in total. The van der Waals surface area contributed by atoms with Crippen molar-refractivity contribution in [2.75, 3.05) is 0 Å². The lowest BCUT2D eigenvalue weighted by molar-refractivity contribution is 0.166. The van der Waals surface area contributed by atoms with Gasteiger partial charge in [0.1, 0.15) is 6.10 Å². The van der Waals surface area contributed by atoms with E-state index in [0.717, 1.165) is 23.0 Å². The van der Waals surface area contributed by atoms with Gasteiger partial charge in [0.15, 0.2) is 0 Å². The average Bonchev–Trinajstić information content (AvgIpc) is 2.71. The van der Waals surface area contributed by atoms with Crippen molar-refractivity contribution in [2.45, 2.75) is 32.4 Å². The normalized spacial score (nSPS) is 12.6. The lowest BCUT2D eigenvalue weighted by Gasteiger charge is -2.14. The van der Waals surface area contributed by atoms with Crippen LogP contribution >= 0.6 is 27.5 Å². The van der Waals surface area contributed by atoms with Crippen LogP contribution in [0.2, 0.25) is 5.02 Å². The Bertz CT molecular complexity index is 556. The Morgan fingerprint density at radius 3 is 2.95 bits per heavy atom. The molecule has 0 saturated heterocycles. The number of aryl methyl sites for hydroxylation is 1. The molecule has 0 amide bonds. The molecule has 2 rings (SSSR count). The van der Waals surface area contributed by atoms with Gasteiger partial charge >= 0.3 is 0 Å². The first-order valence-corrected chi connectivity index (χ1v) is 7.42. The molecule has 0 spiro atoms. The molecule has 1 N–H and O–H groups in total. The fourth-order valence-corrected chi connectivity index (χ4v) is 2.79. The second kappa shape index (κ2) is 6.55. The first kappa shape index (κ1) is 14.6. The van der Waals surface area contributed by atoms with E-state index in [4.69, 9.17) is 11.6 Å². The second-order valence-corrected chi connectivity index (χ2v) is 5.77. The van der Waals surface area contributed by atoms with Crippen LogP contribution in [0, 0.1) is 0 Å². The summed E-state index contributed by atoms with van der Waals surface area (Å²) in [6, 6.07) is 7.90. The van der Waals surface area contributed by atoms with E-state index in [1.54, 1.807) is 10.9 Å². The summed E-state index contributed by atoms with van der Waals surface area (Å²) < 4.78 is 2.79. The van der Waals surface area contributed by atoms with Gasteiger partial charge in [0, 0.05) is 17.4 Å². The number of nitrogens with zero attached hydrogens (tertiary/aromatic N) is 2. The van der Waals surface area contributed by atoms with Gasteiger partial charge in [0.05, 0.1) is 16.9 Å². The van der Waals surface area contributed by atoms with Gasteiger partial charge in [-0.15, -0.1) is 0 Å². The van der Waals surface area contributed by atoms with Crippen LogP contribution in [0.25, 0.3) is 0 Å². The highest BCUT2D eigenvalue weighted by Gasteiger charge is 2.18. The summed E-state index contributed by atoms with van der Waals surface area (Å²) in [5.41, 5.74) is 1.76. The van der Waals surface area contributed by atoms with Crippen LogP contribution in [0.5, 0.6) is 0 Å². The number of rotatable bonds is 5. The predicted octanol–water partition coefficient (Wildman–Crippen LogP) is 3.99. The fraction of sp³-hybridized carbons (Fsp3) is 0.357. The van der Waals surface area contributed by atoms with Crippen LogP contribution < -0.4 is 0 Å². The number of halogens is 2. The molecule has 1 aromatic carbocycles. The summed E-state index contributed by atoms with van der Waals surface area (Å²) in [6.07, 6.45) is 2.43. The second-order valence-electron chi connectivity index (χ2n) is 4.45. The molecule has 0 aliphatic heterocycles. The van der Waals surface area contributed by atoms with E-state index in [1.807, 2.05) is 24.3 Å². The maximum Gasteiger partial charge on any atom is 0.101 e. The highest BCUT2D eigenvalue weighted by atomic mass is 79.9. The first-order chi connectivity index (χ1) is 9.11. The lowest BCUT2D eigenvalue weighted by Crippen LogP contribution is -2.11. The van der Waals surface area contributed by atoms with Crippen molar-refractivity contribution >= 4 is 27.5 Å². The average molecular weight is 344 g/mol. The number of aromatic nitrogens is 2. The molecule has 1 atom stereocenters. The van der Waals surface area contributed by atoms with Crippen molar-refractivity contribution in [2.24, 2.45) is 0 Å². The predicted molar refractivity (Wildman–Crippen MR) is 80.3 cm³/mol. The van der Waals surface area contributed by atoms with Gasteiger partial charge in [-0.2, -0.15) is 5.10 Å². The van der Waals surface area contributed by atoms with Gasteiger partial charge in [-0.1, -0.05) is 46.6 Å². The van der Waals surface area contributed by atoms with E-state index in [0.29, 0.717) is 17.1 Å². The molecule has 0 aliphatic rings. The smallest absolute Gasteiger partial charge is 0.101 e.